The molecule has 3 unspecified atom stereocenters. The maximum atomic E-state index is 12.4. The summed E-state index contributed by atoms with van der Waals surface area (Å²) in [6, 6.07) is -0.819. The van der Waals surface area contributed by atoms with Crippen LogP contribution in [0.3, 0.4) is 0 Å². The standard InChI is InChI=1S/C43H79NO4/c1-3-5-7-9-11-13-15-17-19-21-22-24-25-27-29-31-33-35-37-41(46)40(39-45)44-43(48)42(47)38-36-34-32-30-28-26-23-20-18-16-14-12-10-8-6-4-2/h12,14,18,20,27,29,35,37,40-42,45-47H,3-11,13,15-17,19,21-26,28,30-34,36,38-39H2,1-2H3,(H,44,48)/b14-12-,20-18-,29-27+,37-35+. The number of allylic oxidation sites excluding steroid dienone is 7. The second-order valence-corrected chi connectivity index (χ2v) is 13.8. The zero-order valence-corrected chi connectivity index (χ0v) is 31.6. The molecule has 4 N–H and O–H groups in total. The van der Waals surface area contributed by atoms with Gasteiger partial charge in [-0.25, -0.2) is 0 Å². The first-order valence-electron chi connectivity index (χ1n) is 20.5. The van der Waals surface area contributed by atoms with Crippen molar-refractivity contribution < 1.29 is 20.1 Å². The topological polar surface area (TPSA) is 89.8 Å². The lowest BCUT2D eigenvalue weighted by Gasteiger charge is -2.21. The summed E-state index contributed by atoms with van der Waals surface area (Å²) < 4.78 is 0. The van der Waals surface area contributed by atoms with Gasteiger partial charge in [0.2, 0.25) is 5.91 Å². The lowest BCUT2D eigenvalue weighted by molar-refractivity contribution is -0.131. The predicted molar refractivity (Wildman–Crippen MR) is 208 cm³/mol. The third-order valence-electron chi connectivity index (χ3n) is 9.14. The van der Waals surface area contributed by atoms with E-state index in [-0.39, 0.29) is 6.61 Å². The van der Waals surface area contributed by atoms with Crippen molar-refractivity contribution in [3.05, 3.63) is 48.6 Å². The van der Waals surface area contributed by atoms with E-state index in [4.69, 9.17) is 0 Å². The Bertz CT molecular complexity index is 790. The summed E-state index contributed by atoms with van der Waals surface area (Å²) in [5.41, 5.74) is 0. The predicted octanol–water partition coefficient (Wildman–Crippen LogP) is 11.4. The fraction of sp³-hybridized carbons (Fsp3) is 0.791. The molecule has 48 heavy (non-hydrogen) atoms. The SMILES string of the molecule is CCCCC/C=C\C/C=C\CCCCCCCCC(O)C(=O)NC(CO)C(O)/C=C/CC/C=C/CCCCCCCCCCCCCC. The molecule has 3 atom stereocenters. The van der Waals surface area contributed by atoms with E-state index in [1.807, 2.05) is 6.08 Å². The molecule has 0 saturated carbocycles. The fourth-order valence-corrected chi connectivity index (χ4v) is 5.88. The van der Waals surface area contributed by atoms with Crippen LogP contribution in [0.4, 0.5) is 0 Å². The monoisotopic (exact) mass is 674 g/mol. The first-order valence-corrected chi connectivity index (χ1v) is 20.5. The molecule has 0 aromatic heterocycles. The van der Waals surface area contributed by atoms with Crippen molar-refractivity contribution in [2.75, 3.05) is 6.61 Å². The number of aliphatic hydroxyl groups excluding tert-OH is 3. The van der Waals surface area contributed by atoms with Crippen LogP contribution in [0.15, 0.2) is 48.6 Å². The van der Waals surface area contributed by atoms with Crippen LogP contribution in [0.25, 0.3) is 0 Å². The first-order chi connectivity index (χ1) is 23.6. The van der Waals surface area contributed by atoms with Crippen molar-refractivity contribution in [2.45, 2.75) is 212 Å². The van der Waals surface area contributed by atoms with E-state index in [2.05, 4.69) is 55.6 Å². The van der Waals surface area contributed by atoms with Crippen LogP contribution in [0.2, 0.25) is 0 Å². The highest BCUT2D eigenvalue weighted by atomic mass is 16.3. The Labute approximate surface area is 297 Å². The van der Waals surface area contributed by atoms with Crippen molar-refractivity contribution in [2.24, 2.45) is 0 Å². The summed E-state index contributed by atoms with van der Waals surface area (Å²) in [6.07, 6.45) is 48.4. The van der Waals surface area contributed by atoms with Crippen LogP contribution < -0.4 is 5.32 Å². The third-order valence-corrected chi connectivity index (χ3v) is 9.14. The summed E-state index contributed by atoms with van der Waals surface area (Å²) in [5, 5.41) is 33.0. The number of nitrogens with one attached hydrogen (secondary N) is 1. The van der Waals surface area contributed by atoms with Gasteiger partial charge in [0.25, 0.3) is 0 Å². The molecule has 0 bridgehead atoms. The molecule has 0 fully saturated rings. The third kappa shape index (κ3) is 32.8. The van der Waals surface area contributed by atoms with Gasteiger partial charge in [-0.2, -0.15) is 0 Å². The summed E-state index contributed by atoms with van der Waals surface area (Å²) in [5.74, 6) is -0.523. The molecule has 5 nitrogen and oxygen atoms in total. The van der Waals surface area contributed by atoms with Crippen molar-refractivity contribution in [1.82, 2.24) is 5.32 Å². The Morgan fingerprint density at radius 1 is 0.521 bits per heavy atom. The number of hydrogen-bond donors (Lipinski definition) is 4. The minimum atomic E-state index is -1.11. The molecule has 0 radical (unpaired) electrons. The van der Waals surface area contributed by atoms with Crippen LogP contribution >= 0.6 is 0 Å². The van der Waals surface area contributed by atoms with Crippen molar-refractivity contribution in [3.63, 3.8) is 0 Å². The highest BCUT2D eigenvalue weighted by molar-refractivity contribution is 5.80. The van der Waals surface area contributed by atoms with Crippen molar-refractivity contribution >= 4 is 5.91 Å². The van der Waals surface area contributed by atoms with Gasteiger partial charge in [0.1, 0.15) is 6.10 Å². The van der Waals surface area contributed by atoms with E-state index in [1.165, 1.54) is 122 Å². The maximum absolute atomic E-state index is 12.4. The quantitative estimate of drug-likeness (QED) is 0.0393. The fourth-order valence-electron chi connectivity index (χ4n) is 5.88. The van der Waals surface area contributed by atoms with Crippen LogP contribution in [-0.4, -0.2) is 46.1 Å². The molecule has 0 rings (SSSR count). The lowest BCUT2D eigenvalue weighted by Crippen LogP contribution is -2.48. The second-order valence-electron chi connectivity index (χ2n) is 13.8. The number of hydrogen-bond acceptors (Lipinski definition) is 4. The molecule has 5 heteroatoms. The van der Waals surface area contributed by atoms with E-state index in [0.29, 0.717) is 6.42 Å². The van der Waals surface area contributed by atoms with Crippen LogP contribution in [0, 0.1) is 0 Å². The molecule has 0 heterocycles. The number of aliphatic hydroxyl groups is 3. The second kappa shape index (κ2) is 38.1. The summed E-state index contributed by atoms with van der Waals surface area (Å²) in [4.78, 5) is 12.4. The molecule has 0 spiro atoms. The molecule has 280 valence electrons. The van der Waals surface area contributed by atoms with E-state index < -0.39 is 24.2 Å². The Kier molecular flexibility index (Phi) is 36.8. The number of rotatable bonds is 36. The van der Waals surface area contributed by atoms with Gasteiger partial charge >= 0.3 is 0 Å². The highest BCUT2D eigenvalue weighted by Crippen LogP contribution is 2.14. The minimum Gasteiger partial charge on any atom is -0.394 e. The highest BCUT2D eigenvalue weighted by Gasteiger charge is 2.22. The molecule has 0 aliphatic rings. The van der Waals surface area contributed by atoms with Crippen LogP contribution in [-0.2, 0) is 4.79 Å². The maximum Gasteiger partial charge on any atom is 0.249 e. The molecule has 0 aliphatic heterocycles. The Hall–Kier alpha value is -1.69. The molecule has 0 aromatic carbocycles. The number of carbonyl (C=O) groups excluding carboxylic acids is 1. The summed E-state index contributed by atoms with van der Waals surface area (Å²) >= 11 is 0. The zero-order chi connectivity index (χ0) is 35.2. The van der Waals surface area contributed by atoms with E-state index in [1.54, 1.807) is 6.08 Å². The van der Waals surface area contributed by atoms with E-state index >= 15 is 0 Å². The number of carbonyl (C=O) groups is 1. The summed E-state index contributed by atoms with van der Waals surface area (Å²) in [6.45, 7) is 4.13. The lowest BCUT2D eigenvalue weighted by atomic mass is 10.0. The van der Waals surface area contributed by atoms with Gasteiger partial charge < -0.3 is 20.6 Å². The van der Waals surface area contributed by atoms with Crippen molar-refractivity contribution in [3.8, 4) is 0 Å². The average molecular weight is 674 g/mol. The van der Waals surface area contributed by atoms with E-state index in [0.717, 1.165) is 51.4 Å². The average Bonchev–Trinajstić information content (AvgIpc) is 3.09. The van der Waals surface area contributed by atoms with Gasteiger partial charge in [0.15, 0.2) is 0 Å². The van der Waals surface area contributed by atoms with Gasteiger partial charge in [0.05, 0.1) is 18.8 Å². The number of amides is 1. The Balaban J connectivity index is 3.79. The Morgan fingerprint density at radius 3 is 1.44 bits per heavy atom. The van der Waals surface area contributed by atoms with Gasteiger partial charge in [0, 0.05) is 0 Å². The summed E-state index contributed by atoms with van der Waals surface area (Å²) in [7, 11) is 0. The molecular weight excluding hydrogens is 594 g/mol. The van der Waals surface area contributed by atoms with Gasteiger partial charge in [-0.1, -0.05) is 178 Å². The largest absolute Gasteiger partial charge is 0.394 e. The normalized spacial score (nSPS) is 14.2. The van der Waals surface area contributed by atoms with Gasteiger partial charge in [-0.15, -0.1) is 0 Å². The molecule has 0 aromatic rings. The number of unbranched alkanes of at least 4 members (excludes halogenated alkanes) is 22. The Morgan fingerprint density at radius 2 is 0.917 bits per heavy atom. The van der Waals surface area contributed by atoms with Crippen LogP contribution in [0.5, 0.6) is 0 Å². The molecule has 0 saturated heterocycles. The first kappa shape index (κ1) is 46.3. The molecule has 1 amide bonds. The molecular formula is C43H79NO4. The zero-order valence-electron chi connectivity index (χ0n) is 31.6. The minimum absolute atomic E-state index is 0.381. The molecule has 0 aliphatic carbocycles. The van der Waals surface area contributed by atoms with Gasteiger partial charge in [-0.05, 0) is 64.2 Å². The van der Waals surface area contributed by atoms with E-state index in [9.17, 15) is 20.1 Å². The van der Waals surface area contributed by atoms with Crippen LogP contribution in [0.1, 0.15) is 194 Å². The van der Waals surface area contributed by atoms with Gasteiger partial charge in [-0.3, -0.25) is 4.79 Å². The van der Waals surface area contributed by atoms with Crippen molar-refractivity contribution in [1.29, 1.82) is 0 Å². The smallest absolute Gasteiger partial charge is 0.249 e.